The van der Waals surface area contributed by atoms with Crippen LogP contribution in [0.25, 0.3) is 0 Å². The molecule has 0 spiro atoms. The number of Topliss-reactive ketones (excluding diaryl/α,β-unsaturated/α-hetero) is 1. The van der Waals surface area contributed by atoms with Crippen molar-refractivity contribution in [1.29, 1.82) is 0 Å². The van der Waals surface area contributed by atoms with Crippen LogP contribution in [0.1, 0.15) is 46.0 Å². The van der Waals surface area contributed by atoms with Crippen molar-refractivity contribution in [2.75, 3.05) is 12.4 Å². The second-order valence-electron chi connectivity index (χ2n) is 7.84. The topological polar surface area (TPSA) is 61.9 Å². The lowest BCUT2D eigenvalue weighted by molar-refractivity contribution is 0.0957. The van der Waals surface area contributed by atoms with Gasteiger partial charge in [0, 0.05) is 30.1 Å². The number of carbonyl (C=O) groups is 1. The monoisotopic (exact) mass is 424 g/mol. The van der Waals surface area contributed by atoms with Crippen molar-refractivity contribution >= 4 is 17.5 Å². The molecule has 1 fully saturated rings. The number of benzene rings is 1. The largest absolute Gasteiger partial charge is 0.376 e. The van der Waals surface area contributed by atoms with Crippen LogP contribution in [-0.4, -0.2) is 43.6 Å². The predicted molar refractivity (Wildman–Crippen MR) is 118 cm³/mol. The van der Waals surface area contributed by atoms with E-state index in [9.17, 15) is 4.79 Å². The molecule has 0 saturated carbocycles. The van der Waals surface area contributed by atoms with Gasteiger partial charge in [0.15, 0.2) is 10.9 Å². The van der Waals surface area contributed by atoms with Crippen molar-refractivity contribution in [2.45, 2.75) is 58.0 Å². The third-order valence-electron chi connectivity index (χ3n) is 5.70. The zero-order valence-corrected chi connectivity index (χ0v) is 18.6. The van der Waals surface area contributed by atoms with E-state index in [1.165, 1.54) is 17.3 Å². The molecule has 0 bridgehead atoms. The fourth-order valence-electron chi connectivity index (χ4n) is 3.98. The van der Waals surface area contributed by atoms with Crippen molar-refractivity contribution < 1.29 is 9.53 Å². The molecule has 0 unspecified atom stereocenters. The molecular formula is C23H28N4O2S. The molecular weight excluding hydrogens is 396 g/mol. The summed E-state index contributed by atoms with van der Waals surface area (Å²) < 4.78 is 10.1. The molecule has 1 aliphatic rings. The molecule has 0 aliphatic carbocycles. The van der Waals surface area contributed by atoms with E-state index in [4.69, 9.17) is 4.74 Å². The van der Waals surface area contributed by atoms with Crippen LogP contribution >= 0.6 is 11.8 Å². The Morgan fingerprint density at radius 3 is 2.70 bits per heavy atom. The molecule has 4 rings (SSSR count). The zero-order valence-electron chi connectivity index (χ0n) is 17.8. The Balaban J connectivity index is 1.44. The number of hydrogen-bond donors (Lipinski definition) is 0. The van der Waals surface area contributed by atoms with Crippen molar-refractivity contribution in [3.8, 4) is 0 Å². The van der Waals surface area contributed by atoms with Crippen LogP contribution < -0.4 is 0 Å². The summed E-state index contributed by atoms with van der Waals surface area (Å²) in [5.74, 6) is 1.32. The van der Waals surface area contributed by atoms with E-state index in [2.05, 4.69) is 38.4 Å². The fourth-order valence-corrected chi connectivity index (χ4v) is 4.85. The van der Waals surface area contributed by atoms with E-state index in [0.717, 1.165) is 53.9 Å². The molecule has 30 heavy (non-hydrogen) atoms. The number of thioether (sulfide) groups is 1. The number of carbonyl (C=O) groups excluding carboxylic acids is 1. The summed E-state index contributed by atoms with van der Waals surface area (Å²) in [6, 6.07) is 12.2. The minimum atomic E-state index is 0.124. The van der Waals surface area contributed by atoms with Gasteiger partial charge in [-0.2, -0.15) is 0 Å². The van der Waals surface area contributed by atoms with Crippen molar-refractivity contribution in [3.05, 3.63) is 64.7 Å². The molecule has 158 valence electrons. The van der Waals surface area contributed by atoms with Crippen LogP contribution in [-0.2, 0) is 17.8 Å². The Hall–Kier alpha value is -2.38. The summed E-state index contributed by atoms with van der Waals surface area (Å²) in [5.41, 5.74) is 4.12. The lowest BCUT2D eigenvalue weighted by Gasteiger charge is -2.14. The van der Waals surface area contributed by atoms with Crippen LogP contribution in [0.2, 0.25) is 0 Å². The zero-order chi connectivity index (χ0) is 21.1. The highest BCUT2D eigenvalue weighted by Crippen LogP contribution is 2.24. The minimum Gasteiger partial charge on any atom is -0.376 e. The first-order valence-electron chi connectivity index (χ1n) is 10.4. The number of ketones is 1. The summed E-state index contributed by atoms with van der Waals surface area (Å²) in [7, 11) is 0. The van der Waals surface area contributed by atoms with Gasteiger partial charge >= 0.3 is 0 Å². The van der Waals surface area contributed by atoms with Crippen molar-refractivity contribution in [2.24, 2.45) is 0 Å². The van der Waals surface area contributed by atoms with E-state index in [0.29, 0.717) is 12.3 Å². The van der Waals surface area contributed by atoms with Gasteiger partial charge in [0.05, 0.1) is 18.4 Å². The summed E-state index contributed by atoms with van der Waals surface area (Å²) >= 11 is 1.45. The first-order valence-corrected chi connectivity index (χ1v) is 11.4. The van der Waals surface area contributed by atoms with Crippen molar-refractivity contribution in [3.63, 3.8) is 0 Å². The average Bonchev–Trinajstić information content (AvgIpc) is 3.45. The van der Waals surface area contributed by atoms with Gasteiger partial charge in [0.1, 0.15) is 5.82 Å². The number of rotatable bonds is 8. The lowest BCUT2D eigenvalue weighted by atomic mass is 10.2. The van der Waals surface area contributed by atoms with E-state index in [1.807, 2.05) is 38.1 Å². The summed E-state index contributed by atoms with van der Waals surface area (Å²) in [6.07, 6.45) is 2.47. The van der Waals surface area contributed by atoms with Crippen molar-refractivity contribution in [1.82, 2.24) is 19.3 Å². The number of aryl methyl sites for hydroxylation is 2. The first-order chi connectivity index (χ1) is 14.5. The normalized spacial score (nSPS) is 16.3. The van der Waals surface area contributed by atoms with Gasteiger partial charge in [0.25, 0.3) is 0 Å². The van der Waals surface area contributed by atoms with Gasteiger partial charge in [-0.25, -0.2) is 0 Å². The van der Waals surface area contributed by atoms with E-state index in [-0.39, 0.29) is 11.9 Å². The minimum absolute atomic E-state index is 0.124. The first kappa shape index (κ1) is 20.9. The van der Waals surface area contributed by atoms with Gasteiger partial charge in [-0.1, -0.05) is 42.1 Å². The highest BCUT2D eigenvalue weighted by molar-refractivity contribution is 7.99. The number of nitrogens with zero attached hydrogens (tertiary/aromatic N) is 4. The molecule has 6 nitrogen and oxygen atoms in total. The molecule has 1 atom stereocenters. The number of aromatic nitrogens is 4. The maximum Gasteiger partial charge on any atom is 0.191 e. The van der Waals surface area contributed by atoms with Crippen LogP contribution in [0.5, 0.6) is 0 Å². The van der Waals surface area contributed by atoms with E-state index < -0.39 is 0 Å². The smallest absolute Gasteiger partial charge is 0.191 e. The predicted octanol–water partition coefficient (Wildman–Crippen LogP) is 4.21. The fraction of sp³-hybridized carbons (Fsp3) is 0.435. The van der Waals surface area contributed by atoms with Gasteiger partial charge in [-0.15, -0.1) is 10.2 Å². The summed E-state index contributed by atoms with van der Waals surface area (Å²) in [4.78, 5) is 13.0. The summed E-state index contributed by atoms with van der Waals surface area (Å²) in [6.45, 7) is 8.40. The maximum absolute atomic E-state index is 13.0. The average molecular weight is 425 g/mol. The molecule has 3 aromatic rings. The third-order valence-corrected chi connectivity index (χ3v) is 6.67. The highest BCUT2D eigenvalue weighted by atomic mass is 32.2. The van der Waals surface area contributed by atoms with Gasteiger partial charge in [0.2, 0.25) is 0 Å². The molecule has 0 N–H and O–H groups in total. The quantitative estimate of drug-likeness (QED) is 0.400. The molecule has 3 heterocycles. The standard InChI is InChI=1S/C23H28N4O2S/c1-16-12-21(17(2)26(16)14-20-10-7-11-29-20)22(28)15-30-23-25-24-18(3)27(23)13-19-8-5-4-6-9-19/h4-6,8-9,12,20H,7,10-11,13-15H2,1-3H3/t20-/m0/s1. The Morgan fingerprint density at radius 1 is 1.17 bits per heavy atom. The Labute approximate surface area is 181 Å². The molecule has 7 heteroatoms. The molecule has 0 amide bonds. The second kappa shape index (κ2) is 9.18. The Kier molecular flexibility index (Phi) is 6.39. The summed E-state index contributed by atoms with van der Waals surface area (Å²) in [5, 5.41) is 9.29. The Bertz CT molecular complexity index is 1020. The maximum atomic E-state index is 13.0. The third kappa shape index (κ3) is 4.52. The lowest BCUT2D eigenvalue weighted by Crippen LogP contribution is -2.17. The second-order valence-corrected chi connectivity index (χ2v) is 8.79. The molecule has 0 radical (unpaired) electrons. The van der Waals surface area contributed by atoms with E-state index in [1.54, 1.807) is 0 Å². The van der Waals surface area contributed by atoms with Gasteiger partial charge < -0.3 is 13.9 Å². The van der Waals surface area contributed by atoms with E-state index >= 15 is 0 Å². The molecule has 1 aliphatic heterocycles. The SMILES string of the molecule is Cc1cc(C(=O)CSc2nnc(C)n2Cc2ccccc2)c(C)n1C[C@@H]1CCCO1. The van der Waals surface area contributed by atoms with Crippen LogP contribution in [0.3, 0.4) is 0 Å². The number of ether oxygens (including phenoxy) is 1. The molecule has 2 aromatic heterocycles. The highest BCUT2D eigenvalue weighted by Gasteiger charge is 2.21. The van der Waals surface area contributed by atoms with Gasteiger partial charge in [-0.3, -0.25) is 4.79 Å². The molecule has 1 saturated heterocycles. The molecule has 1 aromatic carbocycles. The van der Waals surface area contributed by atoms with Crippen LogP contribution in [0.15, 0.2) is 41.6 Å². The Morgan fingerprint density at radius 2 is 1.97 bits per heavy atom. The van der Waals surface area contributed by atoms with Crippen LogP contribution in [0, 0.1) is 20.8 Å². The number of hydrogen-bond acceptors (Lipinski definition) is 5. The van der Waals surface area contributed by atoms with Gasteiger partial charge in [-0.05, 0) is 45.2 Å². The van der Waals surface area contributed by atoms with Crippen LogP contribution in [0.4, 0.5) is 0 Å².